The van der Waals surface area contributed by atoms with Crippen LogP contribution in [0.25, 0.3) is 0 Å². The van der Waals surface area contributed by atoms with Gasteiger partial charge in [-0.1, -0.05) is 13.8 Å². The van der Waals surface area contributed by atoms with Crippen molar-refractivity contribution < 1.29 is 4.79 Å². The first-order chi connectivity index (χ1) is 5.61. The minimum Gasteiger partial charge on any atom is -0.356 e. The second kappa shape index (κ2) is 3.90. The Morgan fingerprint density at radius 1 is 1.58 bits per heavy atom. The van der Waals surface area contributed by atoms with Gasteiger partial charge in [0.15, 0.2) is 0 Å². The van der Waals surface area contributed by atoms with E-state index in [1.54, 1.807) is 0 Å². The first kappa shape index (κ1) is 9.52. The van der Waals surface area contributed by atoms with Gasteiger partial charge in [-0.2, -0.15) is 0 Å². The van der Waals surface area contributed by atoms with E-state index in [0.29, 0.717) is 18.3 Å². The van der Waals surface area contributed by atoms with Crippen LogP contribution in [0.5, 0.6) is 0 Å². The van der Waals surface area contributed by atoms with Crippen LogP contribution < -0.4 is 11.1 Å². The number of carbonyl (C=O) groups excluding carboxylic acids is 1. The fourth-order valence-electron chi connectivity index (χ4n) is 1.68. The fourth-order valence-corrected chi connectivity index (χ4v) is 1.68. The number of piperidine rings is 1. The third-order valence-electron chi connectivity index (χ3n) is 2.60. The van der Waals surface area contributed by atoms with Crippen LogP contribution in [0, 0.1) is 11.8 Å². The predicted molar refractivity (Wildman–Crippen MR) is 48.5 cm³/mol. The highest BCUT2D eigenvalue weighted by atomic mass is 16.1. The molecule has 1 aliphatic heterocycles. The van der Waals surface area contributed by atoms with Crippen molar-refractivity contribution >= 4 is 5.91 Å². The van der Waals surface area contributed by atoms with Gasteiger partial charge in [-0.25, -0.2) is 0 Å². The van der Waals surface area contributed by atoms with Gasteiger partial charge in [0.05, 0.1) is 0 Å². The van der Waals surface area contributed by atoms with Gasteiger partial charge in [-0.15, -0.1) is 0 Å². The number of nitrogens with two attached hydrogens (primary N) is 1. The molecule has 0 bridgehead atoms. The van der Waals surface area contributed by atoms with Crippen LogP contribution in [-0.4, -0.2) is 18.5 Å². The first-order valence-electron chi connectivity index (χ1n) is 4.63. The predicted octanol–water partition coefficient (Wildman–Crippen LogP) is 0.496. The molecule has 0 aromatic carbocycles. The van der Waals surface area contributed by atoms with E-state index in [1.165, 1.54) is 0 Å². The van der Waals surface area contributed by atoms with Crippen molar-refractivity contribution in [2.24, 2.45) is 17.6 Å². The van der Waals surface area contributed by atoms with E-state index < -0.39 is 0 Å². The molecule has 0 aliphatic carbocycles. The van der Waals surface area contributed by atoms with Gasteiger partial charge >= 0.3 is 0 Å². The molecule has 2 unspecified atom stereocenters. The zero-order chi connectivity index (χ0) is 9.14. The van der Waals surface area contributed by atoms with Crippen molar-refractivity contribution in [3.05, 3.63) is 0 Å². The summed E-state index contributed by atoms with van der Waals surface area (Å²) in [6, 6.07) is 0.177. The van der Waals surface area contributed by atoms with Gasteiger partial charge in [-0.3, -0.25) is 4.79 Å². The van der Waals surface area contributed by atoms with Crippen molar-refractivity contribution in [1.29, 1.82) is 0 Å². The summed E-state index contributed by atoms with van der Waals surface area (Å²) in [4.78, 5) is 11.0. The molecule has 0 aromatic heterocycles. The van der Waals surface area contributed by atoms with E-state index in [9.17, 15) is 4.79 Å². The molecule has 0 spiro atoms. The minimum atomic E-state index is 0.155. The summed E-state index contributed by atoms with van der Waals surface area (Å²) in [5, 5.41) is 2.81. The summed E-state index contributed by atoms with van der Waals surface area (Å²) in [7, 11) is 0. The Morgan fingerprint density at radius 2 is 2.25 bits per heavy atom. The number of hydrogen-bond donors (Lipinski definition) is 2. The molecule has 1 amide bonds. The highest BCUT2D eigenvalue weighted by molar-refractivity contribution is 5.76. The van der Waals surface area contributed by atoms with E-state index in [1.807, 2.05) is 0 Å². The number of hydrogen-bond acceptors (Lipinski definition) is 2. The van der Waals surface area contributed by atoms with Gasteiger partial charge in [0, 0.05) is 19.0 Å². The Labute approximate surface area is 73.7 Å². The molecule has 70 valence electrons. The summed E-state index contributed by atoms with van der Waals surface area (Å²) >= 11 is 0. The van der Waals surface area contributed by atoms with Crippen molar-refractivity contribution in [3.8, 4) is 0 Å². The summed E-state index contributed by atoms with van der Waals surface area (Å²) in [5.41, 5.74) is 5.97. The van der Waals surface area contributed by atoms with Crippen LogP contribution in [-0.2, 0) is 4.79 Å². The van der Waals surface area contributed by atoms with Crippen LogP contribution in [0.2, 0.25) is 0 Å². The Morgan fingerprint density at radius 3 is 2.75 bits per heavy atom. The molecule has 12 heavy (non-hydrogen) atoms. The molecular weight excluding hydrogens is 152 g/mol. The molecule has 1 saturated heterocycles. The molecule has 1 fully saturated rings. The largest absolute Gasteiger partial charge is 0.356 e. The van der Waals surface area contributed by atoms with Crippen molar-refractivity contribution in [3.63, 3.8) is 0 Å². The number of rotatable bonds is 2. The Hall–Kier alpha value is -0.570. The monoisotopic (exact) mass is 170 g/mol. The lowest BCUT2D eigenvalue weighted by Gasteiger charge is -2.29. The van der Waals surface area contributed by atoms with E-state index in [4.69, 9.17) is 5.73 Å². The molecule has 0 radical (unpaired) electrons. The quantitative estimate of drug-likeness (QED) is 0.634. The van der Waals surface area contributed by atoms with Crippen LogP contribution in [0.3, 0.4) is 0 Å². The van der Waals surface area contributed by atoms with Crippen LogP contribution in [0.15, 0.2) is 0 Å². The average molecular weight is 170 g/mol. The highest BCUT2D eigenvalue weighted by Crippen LogP contribution is 2.20. The van der Waals surface area contributed by atoms with Crippen molar-refractivity contribution in [1.82, 2.24) is 5.32 Å². The maximum absolute atomic E-state index is 11.0. The van der Waals surface area contributed by atoms with Crippen LogP contribution >= 0.6 is 0 Å². The zero-order valence-electron chi connectivity index (χ0n) is 7.84. The SMILES string of the molecule is CC(C)C(N)C1CCNC(=O)C1. The van der Waals surface area contributed by atoms with Crippen molar-refractivity contribution in [2.45, 2.75) is 32.7 Å². The third kappa shape index (κ3) is 2.21. The van der Waals surface area contributed by atoms with E-state index in [-0.39, 0.29) is 11.9 Å². The standard InChI is InChI=1S/C9H18N2O/c1-6(2)9(10)7-3-4-11-8(12)5-7/h6-7,9H,3-5,10H2,1-2H3,(H,11,12). The smallest absolute Gasteiger partial charge is 0.220 e. The van der Waals surface area contributed by atoms with Crippen molar-refractivity contribution in [2.75, 3.05) is 6.54 Å². The molecule has 3 heteroatoms. The molecule has 2 atom stereocenters. The molecule has 1 heterocycles. The van der Waals surface area contributed by atoms with Crippen LogP contribution in [0.4, 0.5) is 0 Å². The maximum atomic E-state index is 11.0. The summed E-state index contributed by atoms with van der Waals surface area (Å²) in [6.07, 6.45) is 1.64. The number of nitrogens with one attached hydrogen (secondary N) is 1. The Kier molecular flexibility index (Phi) is 3.09. The molecule has 1 rings (SSSR count). The van der Waals surface area contributed by atoms with E-state index in [2.05, 4.69) is 19.2 Å². The molecule has 3 nitrogen and oxygen atoms in total. The fraction of sp³-hybridized carbons (Fsp3) is 0.889. The second-order valence-electron chi connectivity index (χ2n) is 3.92. The Bertz CT molecular complexity index is 168. The van der Waals surface area contributed by atoms with Gasteiger partial charge in [0.1, 0.15) is 0 Å². The summed E-state index contributed by atoms with van der Waals surface area (Å²) in [6.45, 7) is 5.01. The third-order valence-corrected chi connectivity index (χ3v) is 2.60. The van der Waals surface area contributed by atoms with Gasteiger partial charge in [0.25, 0.3) is 0 Å². The van der Waals surface area contributed by atoms with Gasteiger partial charge in [-0.05, 0) is 18.3 Å². The number of carbonyl (C=O) groups is 1. The zero-order valence-corrected chi connectivity index (χ0v) is 7.84. The lowest BCUT2D eigenvalue weighted by atomic mass is 9.84. The second-order valence-corrected chi connectivity index (χ2v) is 3.92. The molecular formula is C9H18N2O. The summed E-state index contributed by atoms with van der Waals surface area (Å²) in [5.74, 6) is 1.02. The van der Waals surface area contributed by atoms with Gasteiger partial charge < -0.3 is 11.1 Å². The maximum Gasteiger partial charge on any atom is 0.220 e. The Balaban J connectivity index is 2.45. The molecule has 0 aromatic rings. The molecule has 1 aliphatic rings. The van der Waals surface area contributed by atoms with Crippen LogP contribution in [0.1, 0.15) is 26.7 Å². The van der Waals surface area contributed by atoms with Gasteiger partial charge in [0.2, 0.25) is 5.91 Å². The molecule has 3 N–H and O–H groups in total. The average Bonchev–Trinajstić information content (AvgIpc) is 2.03. The molecule has 0 saturated carbocycles. The highest BCUT2D eigenvalue weighted by Gasteiger charge is 2.26. The summed E-state index contributed by atoms with van der Waals surface area (Å²) < 4.78 is 0. The lowest BCUT2D eigenvalue weighted by molar-refractivity contribution is -0.123. The minimum absolute atomic E-state index is 0.155. The van der Waals surface area contributed by atoms with E-state index >= 15 is 0 Å². The van der Waals surface area contributed by atoms with E-state index in [0.717, 1.165) is 13.0 Å². The first-order valence-corrected chi connectivity index (χ1v) is 4.63. The lowest BCUT2D eigenvalue weighted by Crippen LogP contribution is -2.43. The topological polar surface area (TPSA) is 55.1 Å². The number of amides is 1. The normalized spacial score (nSPS) is 27.0.